The molecule has 1 saturated heterocycles. The van der Waals surface area contributed by atoms with E-state index in [-0.39, 0.29) is 0 Å². The molecule has 0 spiro atoms. The van der Waals surface area contributed by atoms with E-state index in [4.69, 9.17) is 0 Å². The number of pyridine rings is 1. The molecule has 1 aromatic heterocycles. The molecule has 0 atom stereocenters. The quantitative estimate of drug-likeness (QED) is 0.704. The lowest BCUT2D eigenvalue weighted by atomic mass is 10.1. The van der Waals surface area contributed by atoms with E-state index >= 15 is 0 Å². The smallest absolute Gasteiger partial charge is 0.220 e. The van der Waals surface area contributed by atoms with Gasteiger partial charge in [-0.3, -0.25) is 0 Å². The number of piperidine rings is 1. The molecule has 2 heterocycles. The van der Waals surface area contributed by atoms with Crippen LogP contribution in [0, 0.1) is 5.95 Å². The Kier molecular flexibility index (Phi) is 4.88. The standard InChI is InChI=1S/C18H18BrFN2/c19-16-12-15(18(20)21-13-16)7-4-14-5-8-17(9-6-14)22-10-2-1-3-11-22/h4-9,12-13H,1-3,10-11H2. The van der Waals surface area contributed by atoms with E-state index in [1.54, 1.807) is 12.1 Å². The summed E-state index contributed by atoms with van der Waals surface area (Å²) in [6, 6.07) is 10.1. The zero-order valence-corrected chi connectivity index (χ0v) is 13.9. The van der Waals surface area contributed by atoms with Gasteiger partial charge in [-0.15, -0.1) is 0 Å². The first-order chi connectivity index (χ1) is 10.7. The molecule has 0 saturated carbocycles. The Morgan fingerprint density at radius 1 is 1.05 bits per heavy atom. The van der Waals surface area contributed by atoms with E-state index < -0.39 is 5.95 Å². The highest BCUT2D eigenvalue weighted by Gasteiger charge is 2.10. The fraction of sp³-hybridized carbons (Fsp3) is 0.278. The lowest BCUT2D eigenvalue weighted by molar-refractivity contribution is 0.578. The average Bonchev–Trinajstić information content (AvgIpc) is 2.57. The SMILES string of the molecule is Fc1ncc(Br)cc1C=Cc1ccc(N2CCCCC2)cc1. The maximum atomic E-state index is 13.6. The molecule has 1 fully saturated rings. The Morgan fingerprint density at radius 2 is 1.77 bits per heavy atom. The molecule has 4 heteroatoms. The number of hydrogen-bond donors (Lipinski definition) is 0. The third-order valence-corrected chi connectivity index (χ3v) is 4.34. The number of halogens is 2. The molecule has 0 N–H and O–H groups in total. The Bertz CT molecular complexity index is 661. The van der Waals surface area contributed by atoms with Gasteiger partial charge in [0.1, 0.15) is 0 Å². The van der Waals surface area contributed by atoms with Crippen molar-refractivity contribution in [3.63, 3.8) is 0 Å². The van der Waals surface area contributed by atoms with E-state index in [0.717, 1.165) is 23.1 Å². The molecule has 0 bridgehead atoms. The summed E-state index contributed by atoms with van der Waals surface area (Å²) < 4.78 is 14.4. The minimum absolute atomic E-state index is 0.454. The highest BCUT2D eigenvalue weighted by molar-refractivity contribution is 9.10. The Morgan fingerprint density at radius 3 is 2.50 bits per heavy atom. The summed E-state index contributed by atoms with van der Waals surface area (Å²) in [6.45, 7) is 2.29. The van der Waals surface area contributed by atoms with Crippen molar-refractivity contribution in [2.75, 3.05) is 18.0 Å². The third-order valence-electron chi connectivity index (χ3n) is 3.90. The summed E-state index contributed by atoms with van der Waals surface area (Å²) >= 11 is 3.31. The number of aromatic nitrogens is 1. The minimum atomic E-state index is -0.454. The van der Waals surface area contributed by atoms with Crippen molar-refractivity contribution < 1.29 is 4.39 Å². The van der Waals surface area contributed by atoms with Crippen LogP contribution in [-0.2, 0) is 0 Å². The van der Waals surface area contributed by atoms with Crippen LogP contribution in [0.2, 0.25) is 0 Å². The lowest BCUT2D eigenvalue weighted by Crippen LogP contribution is -2.29. The van der Waals surface area contributed by atoms with Gasteiger partial charge in [0, 0.05) is 35.0 Å². The number of hydrogen-bond acceptors (Lipinski definition) is 2. The normalized spacial score (nSPS) is 15.5. The van der Waals surface area contributed by atoms with Crippen LogP contribution in [0.5, 0.6) is 0 Å². The largest absolute Gasteiger partial charge is 0.372 e. The van der Waals surface area contributed by atoms with Gasteiger partial charge in [-0.2, -0.15) is 4.39 Å². The topological polar surface area (TPSA) is 16.1 Å². The van der Waals surface area contributed by atoms with Crippen LogP contribution >= 0.6 is 15.9 Å². The summed E-state index contributed by atoms with van der Waals surface area (Å²) in [5, 5.41) is 0. The van der Waals surface area contributed by atoms with Gasteiger partial charge in [0.05, 0.1) is 0 Å². The Hall–Kier alpha value is -1.68. The van der Waals surface area contributed by atoms with Gasteiger partial charge < -0.3 is 4.90 Å². The van der Waals surface area contributed by atoms with Crippen LogP contribution in [0.3, 0.4) is 0 Å². The first kappa shape index (κ1) is 15.2. The van der Waals surface area contributed by atoms with Crippen LogP contribution in [0.25, 0.3) is 12.2 Å². The van der Waals surface area contributed by atoms with Gasteiger partial charge in [-0.1, -0.05) is 18.2 Å². The van der Waals surface area contributed by atoms with E-state index in [1.165, 1.54) is 31.1 Å². The summed E-state index contributed by atoms with van der Waals surface area (Å²) in [7, 11) is 0. The van der Waals surface area contributed by atoms with Crippen LogP contribution in [0.1, 0.15) is 30.4 Å². The molecule has 1 aliphatic heterocycles. The predicted molar refractivity (Wildman–Crippen MR) is 93.3 cm³/mol. The number of rotatable bonds is 3. The highest BCUT2D eigenvalue weighted by Crippen LogP contribution is 2.21. The van der Waals surface area contributed by atoms with E-state index in [9.17, 15) is 4.39 Å². The van der Waals surface area contributed by atoms with Gasteiger partial charge in [-0.25, -0.2) is 4.98 Å². The molecule has 2 nitrogen and oxygen atoms in total. The highest BCUT2D eigenvalue weighted by atomic mass is 79.9. The Labute approximate surface area is 138 Å². The maximum absolute atomic E-state index is 13.6. The zero-order chi connectivity index (χ0) is 15.4. The second kappa shape index (κ2) is 7.05. The molecule has 2 aromatic rings. The molecule has 0 unspecified atom stereocenters. The van der Waals surface area contributed by atoms with Crippen molar-refractivity contribution in [2.24, 2.45) is 0 Å². The number of nitrogens with zero attached hydrogens (tertiary/aromatic N) is 2. The van der Waals surface area contributed by atoms with Gasteiger partial charge >= 0.3 is 0 Å². The van der Waals surface area contributed by atoms with Crippen molar-refractivity contribution in [2.45, 2.75) is 19.3 Å². The molecule has 1 aliphatic rings. The first-order valence-electron chi connectivity index (χ1n) is 7.56. The maximum Gasteiger partial charge on any atom is 0.220 e. The fourth-order valence-corrected chi connectivity index (χ4v) is 3.04. The monoisotopic (exact) mass is 360 g/mol. The summed E-state index contributed by atoms with van der Waals surface area (Å²) in [4.78, 5) is 6.12. The molecule has 0 radical (unpaired) electrons. The van der Waals surface area contributed by atoms with Gasteiger partial charge in [0.15, 0.2) is 0 Å². The minimum Gasteiger partial charge on any atom is -0.372 e. The van der Waals surface area contributed by atoms with Crippen molar-refractivity contribution in [1.82, 2.24) is 4.98 Å². The van der Waals surface area contributed by atoms with Crippen LogP contribution in [-0.4, -0.2) is 18.1 Å². The number of benzene rings is 1. The first-order valence-corrected chi connectivity index (χ1v) is 8.36. The zero-order valence-electron chi connectivity index (χ0n) is 12.3. The third kappa shape index (κ3) is 3.74. The molecular formula is C18H18BrFN2. The van der Waals surface area contributed by atoms with E-state index in [2.05, 4.69) is 50.1 Å². The molecule has 3 rings (SSSR count). The van der Waals surface area contributed by atoms with Gasteiger partial charge in [0.25, 0.3) is 0 Å². The fourth-order valence-electron chi connectivity index (χ4n) is 2.69. The van der Waals surface area contributed by atoms with E-state index in [1.807, 2.05) is 6.08 Å². The van der Waals surface area contributed by atoms with Crippen molar-refractivity contribution >= 4 is 33.8 Å². The van der Waals surface area contributed by atoms with Crippen molar-refractivity contribution in [3.8, 4) is 0 Å². The van der Waals surface area contributed by atoms with Crippen molar-refractivity contribution in [3.05, 3.63) is 58.1 Å². The van der Waals surface area contributed by atoms with E-state index in [0.29, 0.717) is 5.56 Å². The van der Waals surface area contributed by atoms with Gasteiger partial charge in [0.2, 0.25) is 5.95 Å². The molecule has 1 aromatic carbocycles. The predicted octanol–water partition coefficient (Wildman–Crippen LogP) is 5.14. The number of anilines is 1. The van der Waals surface area contributed by atoms with Crippen LogP contribution < -0.4 is 4.90 Å². The molecular weight excluding hydrogens is 343 g/mol. The molecule has 0 amide bonds. The second-order valence-electron chi connectivity index (χ2n) is 5.51. The van der Waals surface area contributed by atoms with Crippen LogP contribution in [0.15, 0.2) is 41.0 Å². The van der Waals surface area contributed by atoms with Gasteiger partial charge in [-0.05, 0) is 65.0 Å². The Balaban J connectivity index is 1.72. The van der Waals surface area contributed by atoms with Crippen molar-refractivity contribution in [1.29, 1.82) is 0 Å². The molecule has 22 heavy (non-hydrogen) atoms. The molecule has 0 aliphatic carbocycles. The summed E-state index contributed by atoms with van der Waals surface area (Å²) in [6.07, 6.45) is 9.01. The second-order valence-corrected chi connectivity index (χ2v) is 6.42. The average molecular weight is 361 g/mol. The lowest BCUT2D eigenvalue weighted by Gasteiger charge is -2.28. The summed E-state index contributed by atoms with van der Waals surface area (Å²) in [5.74, 6) is -0.454. The summed E-state index contributed by atoms with van der Waals surface area (Å²) in [5.41, 5.74) is 2.81. The molecule has 114 valence electrons. The van der Waals surface area contributed by atoms with Crippen LogP contribution in [0.4, 0.5) is 10.1 Å².